The number of aromatic nitrogens is 1. The molecule has 146 valence electrons. The number of nitrogens with zero attached hydrogens (tertiary/aromatic N) is 1. The summed E-state index contributed by atoms with van der Waals surface area (Å²) in [5.41, 5.74) is 7.10. The second kappa shape index (κ2) is 6.17. The van der Waals surface area contributed by atoms with E-state index in [0.29, 0.717) is 0 Å². The number of hydrogen-bond donors (Lipinski definition) is 0. The minimum atomic E-state index is 0.0884. The third-order valence-electron chi connectivity index (χ3n) is 6.70. The van der Waals surface area contributed by atoms with Gasteiger partial charge in [-0.05, 0) is 74.7 Å². The van der Waals surface area contributed by atoms with E-state index in [-0.39, 0.29) is 16.2 Å². The Kier molecular flexibility index (Phi) is 4.23. The van der Waals surface area contributed by atoms with Gasteiger partial charge in [0.05, 0.1) is 5.69 Å². The highest BCUT2D eigenvalue weighted by molar-refractivity contribution is 5.90. The first-order chi connectivity index (χ1) is 13.0. The first kappa shape index (κ1) is 19.2. The van der Waals surface area contributed by atoms with Crippen molar-refractivity contribution < 1.29 is 0 Å². The highest BCUT2D eigenvalue weighted by Gasteiger charge is 2.37. The van der Waals surface area contributed by atoms with Crippen LogP contribution < -0.4 is 0 Å². The van der Waals surface area contributed by atoms with Crippen LogP contribution in [0.15, 0.2) is 48.7 Å². The van der Waals surface area contributed by atoms with Crippen molar-refractivity contribution in [3.05, 3.63) is 65.4 Å². The second-order valence-electron chi connectivity index (χ2n) is 10.9. The lowest BCUT2D eigenvalue weighted by molar-refractivity contribution is 0.331. The first-order valence-electron chi connectivity index (χ1n) is 10.5. The van der Waals surface area contributed by atoms with Gasteiger partial charge in [0.15, 0.2) is 0 Å². The van der Waals surface area contributed by atoms with Crippen molar-refractivity contribution in [2.24, 2.45) is 0 Å². The molecule has 0 N–H and O–H groups in total. The molecule has 28 heavy (non-hydrogen) atoms. The molecule has 0 saturated carbocycles. The van der Waals surface area contributed by atoms with Gasteiger partial charge in [0.1, 0.15) is 0 Å². The van der Waals surface area contributed by atoms with Crippen LogP contribution in [-0.4, -0.2) is 4.98 Å². The van der Waals surface area contributed by atoms with Gasteiger partial charge in [-0.25, -0.2) is 0 Å². The molecule has 1 aromatic heterocycles. The maximum absolute atomic E-state index is 4.95. The molecule has 0 bridgehead atoms. The Hall–Kier alpha value is -2.15. The van der Waals surface area contributed by atoms with Crippen LogP contribution in [0.25, 0.3) is 22.0 Å². The smallest absolute Gasteiger partial charge is 0.0705 e. The molecular weight excluding hydrogens is 338 g/mol. The predicted octanol–water partition coefficient (Wildman–Crippen LogP) is 7.55. The van der Waals surface area contributed by atoms with E-state index in [1.165, 1.54) is 45.9 Å². The fraction of sp³-hybridized carbons (Fsp3) is 0.444. The minimum absolute atomic E-state index is 0.0884. The van der Waals surface area contributed by atoms with E-state index in [2.05, 4.69) is 97.1 Å². The van der Waals surface area contributed by atoms with Crippen LogP contribution in [0.3, 0.4) is 0 Å². The molecule has 0 aliphatic heterocycles. The summed E-state index contributed by atoms with van der Waals surface area (Å²) in [5, 5.41) is 2.64. The molecule has 0 saturated heterocycles. The maximum Gasteiger partial charge on any atom is 0.0705 e. The van der Waals surface area contributed by atoms with E-state index in [0.717, 1.165) is 5.69 Å². The lowest BCUT2D eigenvalue weighted by atomic mass is 9.63. The molecule has 1 heterocycles. The molecule has 0 spiro atoms. The van der Waals surface area contributed by atoms with Gasteiger partial charge in [0.25, 0.3) is 0 Å². The molecule has 0 unspecified atom stereocenters. The second-order valence-corrected chi connectivity index (χ2v) is 10.9. The van der Waals surface area contributed by atoms with E-state index in [4.69, 9.17) is 4.98 Å². The summed E-state index contributed by atoms with van der Waals surface area (Å²) in [5.74, 6) is 0. The Bertz CT molecular complexity index is 1050. The average molecular weight is 372 g/mol. The molecule has 0 atom stereocenters. The molecule has 2 aromatic carbocycles. The lowest BCUT2D eigenvalue weighted by Gasteiger charge is -2.41. The van der Waals surface area contributed by atoms with Gasteiger partial charge in [-0.2, -0.15) is 0 Å². The van der Waals surface area contributed by atoms with Crippen LogP contribution in [0.1, 0.15) is 78.0 Å². The Morgan fingerprint density at radius 1 is 0.821 bits per heavy atom. The summed E-state index contributed by atoms with van der Waals surface area (Å²) >= 11 is 0. The molecule has 0 fully saturated rings. The fourth-order valence-corrected chi connectivity index (χ4v) is 4.69. The van der Waals surface area contributed by atoms with Gasteiger partial charge in [-0.1, -0.05) is 72.7 Å². The Balaban J connectivity index is 1.95. The number of rotatable bonds is 1. The fourth-order valence-electron chi connectivity index (χ4n) is 4.69. The highest BCUT2D eigenvalue weighted by Crippen LogP contribution is 2.46. The summed E-state index contributed by atoms with van der Waals surface area (Å²) in [4.78, 5) is 4.95. The quantitative estimate of drug-likeness (QED) is 0.430. The van der Waals surface area contributed by atoms with E-state index in [9.17, 15) is 0 Å². The number of pyridine rings is 1. The molecule has 4 rings (SSSR count). The van der Waals surface area contributed by atoms with E-state index < -0.39 is 0 Å². The van der Waals surface area contributed by atoms with Crippen LogP contribution in [0.2, 0.25) is 0 Å². The van der Waals surface area contributed by atoms with Crippen molar-refractivity contribution >= 4 is 10.8 Å². The maximum atomic E-state index is 4.95. The van der Waals surface area contributed by atoms with Crippen molar-refractivity contribution in [3.63, 3.8) is 0 Å². The van der Waals surface area contributed by atoms with Gasteiger partial charge >= 0.3 is 0 Å². The minimum Gasteiger partial charge on any atom is -0.256 e. The third-order valence-corrected chi connectivity index (χ3v) is 6.70. The Morgan fingerprint density at radius 2 is 1.46 bits per heavy atom. The highest BCUT2D eigenvalue weighted by atomic mass is 14.7. The Morgan fingerprint density at radius 3 is 2.14 bits per heavy atom. The summed E-state index contributed by atoms with van der Waals surface area (Å²) in [7, 11) is 0. The summed E-state index contributed by atoms with van der Waals surface area (Å²) in [6.07, 6.45) is 4.59. The number of hydrogen-bond acceptors (Lipinski definition) is 1. The molecular formula is C27H33N. The molecule has 0 amide bonds. The first-order valence-corrected chi connectivity index (χ1v) is 10.5. The summed E-state index contributed by atoms with van der Waals surface area (Å²) < 4.78 is 0. The largest absolute Gasteiger partial charge is 0.256 e. The molecule has 1 heteroatoms. The van der Waals surface area contributed by atoms with Crippen LogP contribution >= 0.6 is 0 Å². The Labute approximate surface area is 170 Å². The van der Waals surface area contributed by atoms with Crippen LogP contribution in [-0.2, 0) is 16.2 Å². The standard InChI is InChI=1S/C27H33N/c1-25(2,3)21-15-19(14-18-10-8-9-11-20(18)21)24-16-22-23(17-28-24)27(6,7)13-12-26(22,4)5/h8-11,14-17H,12-13H2,1-7H3. The van der Waals surface area contributed by atoms with Gasteiger partial charge in [0.2, 0.25) is 0 Å². The zero-order chi connectivity index (χ0) is 20.3. The van der Waals surface area contributed by atoms with Crippen LogP contribution in [0, 0.1) is 0 Å². The van der Waals surface area contributed by atoms with E-state index in [1.54, 1.807) is 0 Å². The van der Waals surface area contributed by atoms with Crippen molar-refractivity contribution in [2.75, 3.05) is 0 Å². The average Bonchev–Trinajstić information content (AvgIpc) is 2.63. The zero-order valence-electron chi connectivity index (χ0n) is 18.5. The van der Waals surface area contributed by atoms with Gasteiger partial charge in [-0.3, -0.25) is 4.98 Å². The van der Waals surface area contributed by atoms with Crippen LogP contribution in [0.5, 0.6) is 0 Å². The summed E-state index contributed by atoms with van der Waals surface area (Å²) in [6.45, 7) is 16.4. The molecule has 0 radical (unpaired) electrons. The molecule has 3 aromatic rings. The predicted molar refractivity (Wildman–Crippen MR) is 121 cm³/mol. The SMILES string of the molecule is CC(C)(C)c1cc(-c2cc3c(cn2)C(C)(C)CCC3(C)C)cc2ccccc12. The third kappa shape index (κ3) is 3.15. The molecule has 1 nitrogen and oxygen atoms in total. The lowest BCUT2D eigenvalue weighted by Crippen LogP contribution is -2.34. The zero-order valence-corrected chi connectivity index (χ0v) is 18.5. The normalized spacial score (nSPS) is 18.1. The van der Waals surface area contributed by atoms with Crippen molar-refractivity contribution in [2.45, 2.75) is 77.6 Å². The van der Waals surface area contributed by atoms with Crippen molar-refractivity contribution in [1.82, 2.24) is 4.98 Å². The number of fused-ring (bicyclic) bond motifs is 2. The monoisotopic (exact) mass is 371 g/mol. The number of benzene rings is 2. The van der Waals surface area contributed by atoms with E-state index >= 15 is 0 Å². The van der Waals surface area contributed by atoms with E-state index in [1.807, 2.05) is 0 Å². The van der Waals surface area contributed by atoms with Crippen molar-refractivity contribution in [3.8, 4) is 11.3 Å². The van der Waals surface area contributed by atoms with Gasteiger partial charge < -0.3 is 0 Å². The molecule has 1 aliphatic rings. The van der Waals surface area contributed by atoms with Gasteiger partial charge in [-0.15, -0.1) is 0 Å². The molecule has 1 aliphatic carbocycles. The topological polar surface area (TPSA) is 12.9 Å². The van der Waals surface area contributed by atoms with Crippen LogP contribution in [0.4, 0.5) is 0 Å². The van der Waals surface area contributed by atoms with Crippen molar-refractivity contribution in [1.29, 1.82) is 0 Å². The van der Waals surface area contributed by atoms with Gasteiger partial charge in [0, 0.05) is 11.8 Å². The summed E-state index contributed by atoms with van der Waals surface area (Å²) in [6, 6.07) is 15.8.